The quantitative estimate of drug-likeness (QED) is 0.415. The molecule has 1 rings (SSSR count). The molecule has 0 saturated carbocycles. The molecule has 7 nitrogen and oxygen atoms in total. The van der Waals surface area contributed by atoms with Crippen LogP contribution in [0.3, 0.4) is 0 Å². The summed E-state index contributed by atoms with van der Waals surface area (Å²) in [6, 6.07) is 5.18. The Balaban J connectivity index is 3.14. The van der Waals surface area contributed by atoms with Crippen molar-refractivity contribution in [1.82, 2.24) is 5.32 Å². The zero-order valence-electron chi connectivity index (χ0n) is 16.5. The Morgan fingerprint density at radius 2 is 1.77 bits per heavy atom. The third-order valence-electron chi connectivity index (χ3n) is 3.03. The highest BCUT2D eigenvalue weighted by Gasteiger charge is 2.21. The van der Waals surface area contributed by atoms with Gasteiger partial charge in [0.1, 0.15) is 5.70 Å². The summed E-state index contributed by atoms with van der Waals surface area (Å²) >= 11 is 0. The molecule has 0 aliphatic carbocycles. The first-order valence-electron chi connectivity index (χ1n) is 8.33. The van der Waals surface area contributed by atoms with Crippen molar-refractivity contribution in [2.75, 3.05) is 14.2 Å². The van der Waals surface area contributed by atoms with E-state index < -0.39 is 18.0 Å². The van der Waals surface area contributed by atoms with Gasteiger partial charge in [-0.25, -0.2) is 4.79 Å². The Kier molecular flexibility index (Phi) is 7.92. The summed E-state index contributed by atoms with van der Waals surface area (Å²) < 4.78 is 21.1. The summed E-state index contributed by atoms with van der Waals surface area (Å²) in [4.78, 5) is 12.4. The van der Waals surface area contributed by atoms with Crippen molar-refractivity contribution < 1.29 is 28.8 Å². The number of hydrogen-bond acceptors (Lipinski definition) is 7. The Bertz CT molecular complexity index is 633. The first-order chi connectivity index (χ1) is 12.1. The van der Waals surface area contributed by atoms with E-state index in [4.69, 9.17) is 18.9 Å². The van der Waals surface area contributed by atoms with Gasteiger partial charge >= 0.3 is 5.97 Å². The molecular formula is C19H29NO6. The minimum Gasteiger partial charge on any atom is -0.493 e. The number of nitrogens with one attached hydrogen (secondary N) is 1. The van der Waals surface area contributed by atoms with E-state index in [-0.39, 0.29) is 11.8 Å². The van der Waals surface area contributed by atoms with E-state index in [1.807, 2.05) is 0 Å². The van der Waals surface area contributed by atoms with Gasteiger partial charge < -0.3 is 29.4 Å². The van der Waals surface area contributed by atoms with Gasteiger partial charge in [-0.05, 0) is 58.4 Å². The number of rotatable bonds is 8. The third-order valence-corrected chi connectivity index (χ3v) is 3.03. The maximum absolute atomic E-state index is 12.4. The molecule has 0 radical (unpaired) electrons. The largest absolute Gasteiger partial charge is 0.493 e. The summed E-state index contributed by atoms with van der Waals surface area (Å²) in [5.41, 5.74) is 0.125. The number of esters is 1. The van der Waals surface area contributed by atoms with Gasteiger partial charge in [-0.1, -0.05) is 6.07 Å². The molecular weight excluding hydrogens is 338 g/mol. The number of carbonyl (C=O) groups excluding carboxylic acids is 1. The van der Waals surface area contributed by atoms with E-state index in [0.717, 1.165) is 0 Å². The monoisotopic (exact) mass is 367 g/mol. The van der Waals surface area contributed by atoms with Gasteiger partial charge in [-0.15, -0.1) is 0 Å². The number of ether oxygens (including phenoxy) is 4. The van der Waals surface area contributed by atoms with E-state index in [9.17, 15) is 9.90 Å². The SMILES string of the molecule is COc1ccc(/C=C(/NC(O)OC(C)(C)C)C(=O)OC(C)C)cc1OC. The van der Waals surface area contributed by atoms with E-state index in [2.05, 4.69) is 5.32 Å². The van der Waals surface area contributed by atoms with Crippen LogP contribution in [0.15, 0.2) is 23.9 Å². The van der Waals surface area contributed by atoms with E-state index in [0.29, 0.717) is 17.1 Å². The highest BCUT2D eigenvalue weighted by Crippen LogP contribution is 2.28. The molecule has 0 aromatic heterocycles. The van der Waals surface area contributed by atoms with Crippen LogP contribution in [0.1, 0.15) is 40.2 Å². The molecule has 0 fully saturated rings. The highest BCUT2D eigenvalue weighted by molar-refractivity contribution is 5.93. The molecule has 0 aliphatic heterocycles. The van der Waals surface area contributed by atoms with Gasteiger partial charge in [-0.2, -0.15) is 0 Å². The Morgan fingerprint density at radius 1 is 1.15 bits per heavy atom. The van der Waals surface area contributed by atoms with Crippen LogP contribution < -0.4 is 14.8 Å². The maximum Gasteiger partial charge on any atom is 0.354 e. The molecule has 0 saturated heterocycles. The number of aliphatic hydroxyl groups excluding tert-OH is 1. The van der Waals surface area contributed by atoms with Crippen molar-refractivity contribution in [2.24, 2.45) is 0 Å². The summed E-state index contributed by atoms with van der Waals surface area (Å²) in [5.74, 6) is 0.482. The summed E-state index contributed by atoms with van der Waals surface area (Å²) in [7, 11) is 3.07. The number of hydrogen-bond donors (Lipinski definition) is 2. The lowest BCUT2D eigenvalue weighted by Crippen LogP contribution is -2.39. The van der Waals surface area contributed by atoms with Crippen LogP contribution in [0.5, 0.6) is 11.5 Å². The van der Waals surface area contributed by atoms with Crippen LogP contribution >= 0.6 is 0 Å². The topological polar surface area (TPSA) is 86.2 Å². The van der Waals surface area contributed by atoms with Crippen molar-refractivity contribution >= 4 is 12.0 Å². The molecule has 0 amide bonds. The molecule has 0 spiro atoms. The van der Waals surface area contributed by atoms with Crippen LogP contribution in [-0.4, -0.2) is 43.4 Å². The van der Waals surface area contributed by atoms with Crippen molar-refractivity contribution in [3.63, 3.8) is 0 Å². The smallest absolute Gasteiger partial charge is 0.354 e. The average molecular weight is 367 g/mol. The van der Waals surface area contributed by atoms with E-state index >= 15 is 0 Å². The fourth-order valence-corrected chi connectivity index (χ4v) is 2.04. The lowest BCUT2D eigenvalue weighted by Gasteiger charge is -2.25. The second-order valence-electron chi connectivity index (χ2n) is 6.85. The van der Waals surface area contributed by atoms with Gasteiger partial charge in [0.15, 0.2) is 11.5 Å². The zero-order chi connectivity index (χ0) is 19.9. The minimum atomic E-state index is -1.37. The van der Waals surface area contributed by atoms with Gasteiger partial charge in [0.05, 0.1) is 25.9 Å². The van der Waals surface area contributed by atoms with Crippen molar-refractivity contribution in [1.29, 1.82) is 0 Å². The number of carbonyl (C=O) groups is 1. The molecule has 0 heterocycles. The number of benzene rings is 1. The van der Waals surface area contributed by atoms with Gasteiger partial charge in [0.2, 0.25) is 6.41 Å². The molecule has 2 N–H and O–H groups in total. The molecule has 26 heavy (non-hydrogen) atoms. The first kappa shape index (κ1) is 21.8. The molecule has 0 bridgehead atoms. The first-order valence-corrected chi connectivity index (χ1v) is 8.33. The van der Waals surface area contributed by atoms with E-state index in [1.165, 1.54) is 7.11 Å². The molecule has 1 aromatic carbocycles. The molecule has 146 valence electrons. The maximum atomic E-state index is 12.4. The minimum absolute atomic E-state index is 0.0580. The lowest BCUT2D eigenvalue weighted by molar-refractivity contribution is -0.180. The second kappa shape index (κ2) is 9.45. The highest BCUT2D eigenvalue weighted by atomic mass is 16.6. The predicted molar refractivity (Wildman–Crippen MR) is 98.7 cm³/mol. The van der Waals surface area contributed by atoms with Crippen LogP contribution in [-0.2, 0) is 14.3 Å². The Hall–Kier alpha value is -2.25. The van der Waals surface area contributed by atoms with E-state index in [1.54, 1.807) is 66.0 Å². The third kappa shape index (κ3) is 7.33. The summed E-state index contributed by atoms with van der Waals surface area (Å²) in [6.45, 7) is 8.87. The normalized spacial score (nSPS) is 13.3. The van der Waals surface area contributed by atoms with Crippen molar-refractivity contribution in [3.05, 3.63) is 29.5 Å². The predicted octanol–water partition coefficient (Wildman–Crippen LogP) is 2.68. The van der Waals surface area contributed by atoms with Crippen LogP contribution in [0.2, 0.25) is 0 Å². The molecule has 1 unspecified atom stereocenters. The number of aliphatic hydroxyl groups is 1. The van der Waals surface area contributed by atoms with Crippen LogP contribution in [0.4, 0.5) is 0 Å². The van der Waals surface area contributed by atoms with Crippen molar-refractivity contribution in [2.45, 2.75) is 52.7 Å². The Labute approximate surface area is 154 Å². The van der Waals surface area contributed by atoms with Crippen LogP contribution in [0, 0.1) is 0 Å². The van der Waals surface area contributed by atoms with Gasteiger partial charge in [-0.3, -0.25) is 0 Å². The van der Waals surface area contributed by atoms with Gasteiger partial charge in [0, 0.05) is 0 Å². The standard InChI is InChI=1S/C19H29NO6/c1-12(2)25-17(21)14(20-18(22)26-19(3,4)5)10-13-8-9-15(23-6)16(11-13)24-7/h8-12,18,20,22H,1-7H3/b14-10+. The van der Waals surface area contributed by atoms with Gasteiger partial charge in [0.25, 0.3) is 0 Å². The molecule has 1 atom stereocenters. The molecule has 1 aromatic rings. The van der Waals surface area contributed by atoms with Crippen molar-refractivity contribution in [3.8, 4) is 11.5 Å². The molecule has 7 heteroatoms. The second-order valence-corrected chi connectivity index (χ2v) is 6.85. The average Bonchev–Trinajstić information content (AvgIpc) is 2.51. The van der Waals surface area contributed by atoms with Crippen LogP contribution in [0.25, 0.3) is 6.08 Å². The summed E-state index contributed by atoms with van der Waals surface area (Å²) in [5, 5.41) is 12.7. The molecule has 0 aliphatic rings. The Morgan fingerprint density at radius 3 is 2.27 bits per heavy atom. The fourth-order valence-electron chi connectivity index (χ4n) is 2.04. The number of methoxy groups -OCH3 is 2. The summed E-state index contributed by atoms with van der Waals surface area (Å²) in [6.07, 6.45) is -0.137. The fraction of sp³-hybridized carbons (Fsp3) is 0.526. The zero-order valence-corrected chi connectivity index (χ0v) is 16.5. The lowest BCUT2D eigenvalue weighted by atomic mass is 10.1.